The SMILES string of the molecule is COc1cc(C)c(CN2C[C@@]3(C)C[C@H]2CC(C)(C)C3)cc1C. The Hall–Kier alpha value is -1.02. The number of rotatable bonds is 3. The number of benzene rings is 1. The topological polar surface area (TPSA) is 12.5 Å². The van der Waals surface area contributed by atoms with Gasteiger partial charge in [0, 0.05) is 19.1 Å². The first kappa shape index (κ1) is 15.9. The molecule has 0 aromatic heterocycles. The average molecular weight is 301 g/mol. The number of fused-ring (bicyclic) bond motifs is 2. The molecule has 2 fully saturated rings. The minimum absolute atomic E-state index is 0.497. The number of aryl methyl sites for hydroxylation is 2. The lowest BCUT2D eigenvalue weighted by molar-refractivity contribution is 0.126. The van der Waals surface area contributed by atoms with Crippen molar-refractivity contribution in [3.63, 3.8) is 0 Å². The molecule has 2 aliphatic rings. The van der Waals surface area contributed by atoms with Crippen LogP contribution in [0.25, 0.3) is 0 Å². The summed E-state index contributed by atoms with van der Waals surface area (Å²) < 4.78 is 5.45. The quantitative estimate of drug-likeness (QED) is 0.801. The molecular formula is C20H31NO. The molecule has 1 aliphatic carbocycles. The van der Waals surface area contributed by atoms with Crippen molar-refractivity contribution in [1.29, 1.82) is 0 Å². The molecule has 2 heteroatoms. The van der Waals surface area contributed by atoms with Crippen molar-refractivity contribution in [3.05, 3.63) is 28.8 Å². The zero-order valence-electron chi connectivity index (χ0n) is 15.1. The summed E-state index contributed by atoms with van der Waals surface area (Å²) in [4.78, 5) is 2.74. The van der Waals surface area contributed by atoms with Gasteiger partial charge in [0.1, 0.15) is 5.75 Å². The zero-order valence-corrected chi connectivity index (χ0v) is 15.1. The van der Waals surface area contributed by atoms with Crippen LogP contribution in [0.2, 0.25) is 0 Å². The van der Waals surface area contributed by atoms with E-state index in [0.29, 0.717) is 10.8 Å². The third kappa shape index (κ3) is 2.90. The van der Waals surface area contributed by atoms with Gasteiger partial charge in [0.05, 0.1) is 7.11 Å². The summed E-state index contributed by atoms with van der Waals surface area (Å²) >= 11 is 0. The number of hydrogen-bond acceptors (Lipinski definition) is 2. The molecule has 1 saturated carbocycles. The van der Waals surface area contributed by atoms with E-state index in [-0.39, 0.29) is 0 Å². The third-order valence-corrected chi connectivity index (χ3v) is 5.75. The van der Waals surface area contributed by atoms with E-state index in [4.69, 9.17) is 4.74 Å². The summed E-state index contributed by atoms with van der Waals surface area (Å²) in [5.74, 6) is 1.01. The summed E-state index contributed by atoms with van der Waals surface area (Å²) in [6.45, 7) is 14.1. The maximum absolute atomic E-state index is 5.45. The van der Waals surface area contributed by atoms with E-state index < -0.39 is 0 Å². The number of likely N-dealkylation sites (tertiary alicyclic amines) is 1. The van der Waals surface area contributed by atoms with Crippen molar-refractivity contribution in [2.45, 2.75) is 66.5 Å². The number of hydrogen-bond donors (Lipinski definition) is 0. The van der Waals surface area contributed by atoms with E-state index in [1.165, 1.54) is 42.5 Å². The van der Waals surface area contributed by atoms with E-state index in [1.807, 2.05) is 0 Å². The summed E-state index contributed by atoms with van der Waals surface area (Å²) in [7, 11) is 1.76. The van der Waals surface area contributed by atoms with E-state index in [0.717, 1.165) is 18.3 Å². The molecule has 122 valence electrons. The molecule has 1 aliphatic heterocycles. The number of nitrogens with zero attached hydrogens (tertiary/aromatic N) is 1. The van der Waals surface area contributed by atoms with Crippen molar-refractivity contribution in [2.75, 3.05) is 13.7 Å². The second-order valence-corrected chi connectivity index (χ2v) is 8.87. The highest BCUT2D eigenvalue weighted by atomic mass is 16.5. The molecule has 22 heavy (non-hydrogen) atoms. The number of ether oxygens (including phenoxy) is 1. The fraction of sp³-hybridized carbons (Fsp3) is 0.700. The van der Waals surface area contributed by atoms with Crippen LogP contribution in [0.1, 0.15) is 56.7 Å². The lowest BCUT2D eigenvalue weighted by Gasteiger charge is -2.40. The van der Waals surface area contributed by atoms with Gasteiger partial charge < -0.3 is 4.74 Å². The minimum atomic E-state index is 0.497. The van der Waals surface area contributed by atoms with Crippen LogP contribution >= 0.6 is 0 Å². The van der Waals surface area contributed by atoms with Gasteiger partial charge in [-0.3, -0.25) is 4.90 Å². The van der Waals surface area contributed by atoms with Crippen LogP contribution in [-0.4, -0.2) is 24.6 Å². The average Bonchev–Trinajstić information content (AvgIpc) is 2.62. The highest BCUT2D eigenvalue weighted by molar-refractivity contribution is 5.41. The first-order chi connectivity index (χ1) is 10.2. The summed E-state index contributed by atoms with van der Waals surface area (Å²) in [6.07, 6.45) is 4.09. The molecule has 0 amide bonds. The molecule has 2 atom stereocenters. The summed E-state index contributed by atoms with van der Waals surface area (Å²) in [5, 5.41) is 0. The van der Waals surface area contributed by atoms with Gasteiger partial charge in [-0.15, -0.1) is 0 Å². The molecule has 0 radical (unpaired) electrons. The van der Waals surface area contributed by atoms with Crippen LogP contribution in [0.5, 0.6) is 5.75 Å². The van der Waals surface area contributed by atoms with Crippen molar-refractivity contribution in [2.24, 2.45) is 10.8 Å². The fourth-order valence-corrected chi connectivity index (χ4v) is 5.22. The Kier molecular flexibility index (Phi) is 3.79. The van der Waals surface area contributed by atoms with Gasteiger partial charge in [0.25, 0.3) is 0 Å². The van der Waals surface area contributed by atoms with Gasteiger partial charge in [-0.25, -0.2) is 0 Å². The fourth-order valence-electron chi connectivity index (χ4n) is 5.22. The Bertz CT molecular complexity index is 577. The highest BCUT2D eigenvalue weighted by Gasteiger charge is 2.49. The molecule has 0 unspecified atom stereocenters. The second-order valence-electron chi connectivity index (χ2n) is 8.87. The van der Waals surface area contributed by atoms with E-state index in [1.54, 1.807) is 7.11 Å². The first-order valence-corrected chi connectivity index (χ1v) is 8.60. The van der Waals surface area contributed by atoms with Gasteiger partial charge >= 0.3 is 0 Å². The van der Waals surface area contributed by atoms with Crippen LogP contribution in [0.15, 0.2) is 12.1 Å². The Morgan fingerprint density at radius 2 is 1.86 bits per heavy atom. The Balaban J connectivity index is 1.82. The van der Waals surface area contributed by atoms with Crippen molar-refractivity contribution < 1.29 is 4.74 Å². The molecule has 1 aromatic rings. The van der Waals surface area contributed by atoms with Crippen LogP contribution < -0.4 is 4.74 Å². The maximum atomic E-state index is 5.45. The van der Waals surface area contributed by atoms with Crippen molar-refractivity contribution >= 4 is 0 Å². The molecule has 0 spiro atoms. The predicted molar refractivity (Wildman–Crippen MR) is 92.4 cm³/mol. The van der Waals surface area contributed by atoms with Crippen LogP contribution in [0.4, 0.5) is 0 Å². The molecule has 1 saturated heterocycles. The Morgan fingerprint density at radius 1 is 1.14 bits per heavy atom. The molecule has 1 aromatic carbocycles. The number of methoxy groups -OCH3 is 1. The van der Waals surface area contributed by atoms with Crippen molar-refractivity contribution in [1.82, 2.24) is 4.90 Å². The Labute approximate surface area is 135 Å². The lowest BCUT2D eigenvalue weighted by Crippen LogP contribution is -2.34. The second kappa shape index (κ2) is 5.26. The molecule has 1 heterocycles. The van der Waals surface area contributed by atoms with Crippen molar-refractivity contribution in [3.8, 4) is 5.75 Å². The van der Waals surface area contributed by atoms with Gasteiger partial charge in [-0.05, 0) is 66.7 Å². The predicted octanol–water partition coefficient (Wildman–Crippen LogP) is 4.71. The lowest BCUT2D eigenvalue weighted by atomic mass is 9.65. The van der Waals surface area contributed by atoms with Gasteiger partial charge in [0.15, 0.2) is 0 Å². The highest BCUT2D eigenvalue weighted by Crippen LogP contribution is 2.52. The minimum Gasteiger partial charge on any atom is -0.496 e. The monoisotopic (exact) mass is 301 g/mol. The first-order valence-electron chi connectivity index (χ1n) is 8.60. The van der Waals surface area contributed by atoms with Crippen LogP contribution in [0, 0.1) is 24.7 Å². The summed E-state index contributed by atoms with van der Waals surface area (Å²) in [6, 6.07) is 5.28. The zero-order chi connectivity index (χ0) is 16.1. The Morgan fingerprint density at radius 3 is 2.55 bits per heavy atom. The molecule has 3 rings (SSSR count). The molecule has 2 bridgehead atoms. The largest absolute Gasteiger partial charge is 0.496 e. The van der Waals surface area contributed by atoms with Gasteiger partial charge in [-0.2, -0.15) is 0 Å². The molecule has 0 N–H and O–H groups in total. The third-order valence-electron chi connectivity index (χ3n) is 5.75. The normalized spacial score (nSPS) is 30.5. The molecular weight excluding hydrogens is 270 g/mol. The van der Waals surface area contributed by atoms with Crippen LogP contribution in [-0.2, 0) is 6.54 Å². The smallest absolute Gasteiger partial charge is 0.122 e. The van der Waals surface area contributed by atoms with Crippen LogP contribution in [0.3, 0.4) is 0 Å². The standard InChI is InChI=1S/C20H31NO/c1-14-8-18(22-6)15(2)7-16(14)11-21-13-20(5)10-17(21)9-19(3,4)12-20/h7-8,17H,9-13H2,1-6H3/t17-,20+/m1/s1. The van der Waals surface area contributed by atoms with Gasteiger partial charge in [0.2, 0.25) is 0 Å². The molecule has 2 nitrogen and oxygen atoms in total. The van der Waals surface area contributed by atoms with Gasteiger partial charge in [-0.1, -0.05) is 26.8 Å². The summed E-state index contributed by atoms with van der Waals surface area (Å²) in [5.41, 5.74) is 5.08. The van der Waals surface area contributed by atoms with E-state index in [2.05, 4.69) is 51.7 Å². The van der Waals surface area contributed by atoms with E-state index in [9.17, 15) is 0 Å². The maximum Gasteiger partial charge on any atom is 0.122 e. The van der Waals surface area contributed by atoms with E-state index >= 15 is 0 Å².